The monoisotopic (exact) mass is 420 g/mol. The second-order valence-corrected chi connectivity index (χ2v) is 10.2. The van der Waals surface area contributed by atoms with Crippen molar-refractivity contribution in [3.05, 3.63) is 105 Å². The van der Waals surface area contributed by atoms with Gasteiger partial charge in [0.25, 0.3) is 5.69 Å². The second-order valence-electron chi connectivity index (χ2n) is 8.03. The van der Waals surface area contributed by atoms with Crippen molar-refractivity contribution in [2.24, 2.45) is 0 Å². The third-order valence-corrected chi connectivity index (χ3v) is 8.70. The van der Waals surface area contributed by atoms with Gasteiger partial charge in [0.05, 0.1) is 17.2 Å². The first-order chi connectivity index (χ1) is 14.3. The number of hydrogen-bond donors (Lipinski definition) is 0. The number of nitro benzene ring substituents is 1. The van der Waals surface area contributed by atoms with Gasteiger partial charge in [0, 0.05) is 17.2 Å². The van der Waals surface area contributed by atoms with Gasteiger partial charge >= 0.3 is 0 Å². The highest BCUT2D eigenvalue weighted by atomic mass is 32.2. The van der Waals surface area contributed by atoms with Crippen molar-refractivity contribution in [1.82, 2.24) is 0 Å². The third-order valence-electron chi connectivity index (χ3n) is 6.29. The topological polar surface area (TPSA) is 80.5 Å². The number of hydrogen-bond acceptors (Lipinski definition) is 4. The minimum Gasteiger partial charge on any atom is -0.264 e. The summed E-state index contributed by atoms with van der Waals surface area (Å²) in [5.41, 5.74) is 4.37. The number of benzene rings is 3. The predicted octanol–water partition coefficient (Wildman–Crippen LogP) is 4.25. The minimum atomic E-state index is -3.80. The normalized spacial score (nSPS) is 17.7. The number of rotatable bonds is 3. The van der Waals surface area contributed by atoms with E-state index in [0.717, 1.165) is 16.7 Å². The molecule has 6 nitrogen and oxygen atoms in total. The SMILES string of the molecule is Cc1cc2c(cc1[N+](=O)[O-])N(Cc1ccccc1)S(=O)(=O)C21Cc2ccccc2C1. The van der Waals surface area contributed by atoms with Crippen LogP contribution < -0.4 is 4.31 Å². The zero-order chi connectivity index (χ0) is 21.1. The molecule has 0 saturated heterocycles. The summed E-state index contributed by atoms with van der Waals surface area (Å²) in [5.74, 6) is 0. The molecule has 0 atom stereocenters. The quantitative estimate of drug-likeness (QED) is 0.469. The molecule has 152 valence electrons. The lowest BCUT2D eigenvalue weighted by molar-refractivity contribution is -0.385. The maximum absolute atomic E-state index is 14.0. The fourth-order valence-corrected chi connectivity index (χ4v) is 7.07. The first-order valence-corrected chi connectivity index (χ1v) is 11.2. The Labute approximate surface area is 175 Å². The highest BCUT2D eigenvalue weighted by Crippen LogP contribution is 2.55. The average molecular weight is 420 g/mol. The Kier molecular flexibility index (Phi) is 4.02. The Balaban J connectivity index is 1.74. The van der Waals surface area contributed by atoms with Crippen LogP contribution in [-0.2, 0) is 34.2 Å². The van der Waals surface area contributed by atoms with E-state index in [1.165, 1.54) is 10.4 Å². The molecule has 0 N–H and O–H groups in total. The Bertz CT molecular complexity index is 1260. The molecular formula is C23H20N2O4S. The largest absolute Gasteiger partial charge is 0.274 e. The molecular weight excluding hydrogens is 400 g/mol. The molecule has 0 unspecified atom stereocenters. The van der Waals surface area contributed by atoms with Crippen LogP contribution in [0.15, 0.2) is 66.7 Å². The van der Waals surface area contributed by atoms with E-state index in [4.69, 9.17) is 0 Å². The van der Waals surface area contributed by atoms with E-state index < -0.39 is 19.7 Å². The molecule has 1 spiro atoms. The summed E-state index contributed by atoms with van der Waals surface area (Å²) in [5, 5.41) is 11.6. The van der Waals surface area contributed by atoms with E-state index in [2.05, 4.69) is 0 Å². The molecule has 1 heterocycles. The fourth-order valence-electron chi connectivity index (χ4n) is 4.81. The lowest BCUT2D eigenvalue weighted by Crippen LogP contribution is -2.40. The van der Waals surface area contributed by atoms with Gasteiger partial charge < -0.3 is 0 Å². The predicted molar refractivity (Wildman–Crippen MR) is 115 cm³/mol. The van der Waals surface area contributed by atoms with E-state index in [1.54, 1.807) is 13.0 Å². The zero-order valence-electron chi connectivity index (χ0n) is 16.4. The Morgan fingerprint density at radius 1 is 1.00 bits per heavy atom. The van der Waals surface area contributed by atoms with Crippen molar-refractivity contribution in [3.8, 4) is 0 Å². The zero-order valence-corrected chi connectivity index (χ0v) is 17.2. The van der Waals surface area contributed by atoms with Gasteiger partial charge in [0.2, 0.25) is 10.0 Å². The smallest absolute Gasteiger partial charge is 0.264 e. The molecule has 1 aliphatic heterocycles. The number of aryl methyl sites for hydroxylation is 1. The number of sulfonamides is 1. The van der Waals surface area contributed by atoms with Crippen molar-refractivity contribution >= 4 is 21.4 Å². The minimum absolute atomic E-state index is 0.0606. The Hall–Kier alpha value is -3.19. The van der Waals surface area contributed by atoms with Crippen LogP contribution >= 0.6 is 0 Å². The third kappa shape index (κ3) is 2.51. The maximum Gasteiger partial charge on any atom is 0.274 e. The summed E-state index contributed by atoms with van der Waals surface area (Å²) in [6.07, 6.45) is 0.752. The van der Waals surface area contributed by atoms with E-state index in [1.807, 2.05) is 54.6 Å². The van der Waals surface area contributed by atoms with Gasteiger partial charge in [-0.25, -0.2) is 8.42 Å². The van der Waals surface area contributed by atoms with Gasteiger partial charge in [-0.1, -0.05) is 54.6 Å². The van der Waals surface area contributed by atoms with E-state index in [0.29, 0.717) is 29.7 Å². The van der Waals surface area contributed by atoms with Crippen LogP contribution in [0.5, 0.6) is 0 Å². The van der Waals surface area contributed by atoms with Gasteiger partial charge in [0.1, 0.15) is 4.75 Å². The van der Waals surface area contributed by atoms with Crippen LogP contribution in [0.1, 0.15) is 27.8 Å². The van der Waals surface area contributed by atoms with Gasteiger partial charge in [-0.05, 0) is 42.5 Å². The molecule has 1 aliphatic carbocycles. The highest BCUT2D eigenvalue weighted by Gasteiger charge is 2.59. The van der Waals surface area contributed by atoms with Crippen molar-refractivity contribution in [3.63, 3.8) is 0 Å². The molecule has 0 amide bonds. The number of nitro groups is 1. The molecule has 2 aliphatic rings. The summed E-state index contributed by atoms with van der Waals surface area (Å²) in [7, 11) is -3.80. The summed E-state index contributed by atoms with van der Waals surface area (Å²) in [4.78, 5) is 11.1. The van der Waals surface area contributed by atoms with Crippen LogP contribution in [0.4, 0.5) is 11.4 Å². The average Bonchev–Trinajstić information content (AvgIpc) is 3.20. The Morgan fingerprint density at radius 3 is 2.20 bits per heavy atom. The second kappa shape index (κ2) is 6.40. The number of fused-ring (bicyclic) bond motifs is 3. The molecule has 3 aromatic rings. The molecule has 0 aromatic heterocycles. The van der Waals surface area contributed by atoms with Crippen LogP contribution in [0, 0.1) is 17.0 Å². The standard InChI is InChI=1S/C23H20N2O4S/c1-16-11-20-22(12-21(16)25(26)27)24(15-17-7-3-2-4-8-17)30(28,29)23(20)13-18-9-5-6-10-19(18)14-23/h2-12H,13-15H2,1H3. The summed E-state index contributed by atoms with van der Waals surface area (Å²) in [6.45, 7) is 1.81. The fraction of sp³-hybridized carbons (Fsp3) is 0.217. The first-order valence-electron chi connectivity index (χ1n) is 9.76. The van der Waals surface area contributed by atoms with Crippen molar-refractivity contribution in [1.29, 1.82) is 0 Å². The number of anilines is 1. The summed E-state index contributed by atoms with van der Waals surface area (Å²) < 4.78 is 28.2. The summed E-state index contributed by atoms with van der Waals surface area (Å²) >= 11 is 0. The molecule has 7 heteroatoms. The van der Waals surface area contributed by atoms with Crippen LogP contribution in [0.2, 0.25) is 0 Å². The van der Waals surface area contributed by atoms with E-state index in [-0.39, 0.29) is 12.2 Å². The highest BCUT2D eigenvalue weighted by molar-refractivity contribution is 7.94. The van der Waals surface area contributed by atoms with Gasteiger partial charge in [-0.3, -0.25) is 14.4 Å². The number of nitrogens with zero attached hydrogens (tertiary/aromatic N) is 2. The van der Waals surface area contributed by atoms with E-state index >= 15 is 0 Å². The molecule has 0 saturated carbocycles. The van der Waals surface area contributed by atoms with Gasteiger partial charge in [0.15, 0.2) is 0 Å². The van der Waals surface area contributed by atoms with Crippen molar-refractivity contribution in [2.45, 2.75) is 31.1 Å². The molecule has 30 heavy (non-hydrogen) atoms. The van der Waals surface area contributed by atoms with Gasteiger partial charge in [-0.2, -0.15) is 0 Å². The Morgan fingerprint density at radius 2 is 1.60 bits per heavy atom. The molecule has 0 radical (unpaired) electrons. The van der Waals surface area contributed by atoms with Crippen molar-refractivity contribution in [2.75, 3.05) is 4.31 Å². The first kappa shape index (κ1) is 18.8. The molecule has 5 rings (SSSR count). The summed E-state index contributed by atoms with van der Waals surface area (Å²) in [6, 6.07) is 20.2. The van der Waals surface area contributed by atoms with E-state index in [9.17, 15) is 18.5 Å². The maximum atomic E-state index is 14.0. The molecule has 0 fully saturated rings. The molecule has 3 aromatic carbocycles. The van der Waals surface area contributed by atoms with Crippen LogP contribution in [0.25, 0.3) is 0 Å². The lowest BCUT2D eigenvalue weighted by atomic mass is 9.91. The molecule has 0 bridgehead atoms. The van der Waals surface area contributed by atoms with Crippen molar-refractivity contribution < 1.29 is 13.3 Å². The lowest BCUT2D eigenvalue weighted by Gasteiger charge is -2.26. The van der Waals surface area contributed by atoms with Gasteiger partial charge in [-0.15, -0.1) is 0 Å². The van der Waals surface area contributed by atoms with Crippen LogP contribution in [0.3, 0.4) is 0 Å². The van der Waals surface area contributed by atoms with Crippen LogP contribution in [-0.4, -0.2) is 13.3 Å².